The van der Waals surface area contributed by atoms with E-state index in [4.69, 9.17) is 11.1 Å². The fourth-order valence-electron chi connectivity index (χ4n) is 1.07. The zero-order valence-corrected chi connectivity index (χ0v) is 10.4. The van der Waals surface area contributed by atoms with Gasteiger partial charge in [0.1, 0.15) is 5.84 Å². The van der Waals surface area contributed by atoms with E-state index in [1.54, 1.807) is 11.8 Å². The van der Waals surface area contributed by atoms with Gasteiger partial charge in [-0.15, -0.1) is 11.8 Å². The van der Waals surface area contributed by atoms with Crippen molar-refractivity contribution in [2.24, 2.45) is 5.73 Å². The van der Waals surface area contributed by atoms with Gasteiger partial charge in [-0.2, -0.15) is 0 Å². The van der Waals surface area contributed by atoms with Crippen LogP contribution in [0.3, 0.4) is 0 Å². The molecule has 0 saturated heterocycles. The van der Waals surface area contributed by atoms with E-state index >= 15 is 0 Å². The van der Waals surface area contributed by atoms with Crippen LogP contribution in [0.15, 0.2) is 33.6 Å². The van der Waals surface area contributed by atoms with Gasteiger partial charge >= 0.3 is 0 Å². The van der Waals surface area contributed by atoms with Crippen LogP contribution in [0.2, 0.25) is 0 Å². The Labute approximate surface area is 96.9 Å². The van der Waals surface area contributed by atoms with Crippen LogP contribution in [0.25, 0.3) is 0 Å². The number of hydrogen-bond acceptors (Lipinski definition) is 2. The average Bonchev–Trinajstić information content (AvgIpc) is 2.14. The van der Waals surface area contributed by atoms with Crippen molar-refractivity contribution in [1.82, 2.24) is 0 Å². The van der Waals surface area contributed by atoms with E-state index in [0.29, 0.717) is 0 Å². The second-order valence-electron chi connectivity index (χ2n) is 2.93. The lowest BCUT2D eigenvalue weighted by molar-refractivity contribution is 0.991. The molecule has 0 aromatic heterocycles. The third-order valence-electron chi connectivity index (χ3n) is 1.79. The molecule has 76 valence electrons. The van der Waals surface area contributed by atoms with E-state index in [-0.39, 0.29) is 11.1 Å². The van der Waals surface area contributed by atoms with Gasteiger partial charge in [-0.05, 0) is 24.6 Å². The first-order valence-electron chi connectivity index (χ1n) is 4.39. The molecule has 0 bridgehead atoms. The smallest absolute Gasteiger partial charge is 0.104 e. The highest BCUT2D eigenvalue weighted by Gasteiger charge is 2.10. The molecular formula is C10H13BrN2S. The highest BCUT2D eigenvalue weighted by Crippen LogP contribution is 2.27. The number of halogens is 1. The summed E-state index contributed by atoms with van der Waals surface area (Å²) in [5.41, 5.74) is 5.48. The highest BCUT2D eigenvalue weighted by atomic mass is 79.9. The SMILES string of the molecule is CCC(Sc1cccc(Br)c1)C(=N)N. The van der Waals surface area contributed by atoms with E-state index in [1.165, 1.54) is 0 Å². The summed E-state index contributed by atoms with van der Waals surface area (Å²) in [6, 6.07) is 8.04. The monoisotopic (exact) mass is 272 g/mol. The fourth-order valence-corrected chi connectivity index (χ4v) is 2.60. The molecule has 4 heteroatoms. The van der Waals surface area contributed by atoms with Crippen molar-refractivity contribution in [2.45, 2.75) is 23.5 Å². The Kier molecular flexibility index (Phi) is 4.48. The summed E-state index contributed by atoms with van der Waals surface area (Å²) in [5, 5.41) is 7.49. The minimum absolute atomic E-state index is 0.0873. The molecule has 0 spiro atoms. The van der Waals surface area contributed by atoms with E-state index < -0.39 is 0 Å². The standard InChI is InChI=1S/C10H13BrN2S/c1-2-9(10(12)13)14-8-5-3-4-7(11)6-8/h3-6,9H,2H2,1H3,(H3,12,13). The number of amidine groups is 1. The molecule has 2 nitrogen and oxygen atoms in total. The first kappa shape index (κ1) is 11.6. The third kappa shape index (κ3) is 3.35. The number of nitrogens with one attached hydrogen (secondary N) is 1. The lowest BCUT2D eigenvalue weighted by Gasteiger charge is -2.12. The van der Waals surface area contributed by atoms with Crippen LogP contribution in [0.5, 0.6) is 0 Å². The normalized spacial score (nSPS) is 12.4. The molecule has 3 N–H and O–H groups in total. The molecule has 0 heterocycles. The maximum absolute atomic E-state index is 7.40. The number of benzene rings is 1. The Morgan fingerprint density at radius 3 is 2.86 bits per heavy atom. The van der Waals surface area contributed by atoms with Gasteiger partial charge in [0.05, 0.1) is 5.25 Å². The largest absolute Gasteiger partial charge is 0.387 e. The molecule has 0 fully saturated rings. The van der Waals surface area contributed by atoms with Crippen molar-refractivity contribution in [2.75, 3.05) is 0 Å². The molecule has 1 rings (SSSR count). The summed E-state index contributed by atoms with van der Waals surface area (Å²) in [4.78, 5) is 1.14. The number of rotatable bonds is 4. The van der Waals surface area contributed by atoms with Crippen molar-refractivity contribution in [3.8, 4) is 0 Å². The van der Waals surface area contributed by atoms with Crippen molar-refractivity contribution in [3.63, 3.8) is 0 Å². The molecule has 0 aliphatic carbocycles. The molecule has 1 aromatic rings. The second-order valence-corrected chi connectivity index (χ2v) is 5.12. The van der Waals surface area contributed by atoms with Crippen LogP contribution in [0.4, 0.5) is 0 Å². The van der Waals surface area contributed by atoms with E-state index in [0.717, 1.165) is 15.8 Å². The zero-order valence-electron chi connectivity index (χ0n) is 7.96. The zero-order chi connectivity index (χ0) is 10.6. The maximum Gasteiger partial charge on any atom is 0.104 e. The topological polar surface area (TPSA) is 49.9 Å². The number of hydrogen-bond donors (Lipinski definition) is 2. The molecule has 1 unspecified atom stereocenters. The van der Waals surface area contributed by atoms with Crippen molar-refractivity contribution in [1.29, 1.82) is 5.41 Å². The molecule has 0 aliphatic rings. The molecule has 0 radical (unpaired) electrons. The van der Waals surface area contributed by atoms with Crippen LogP contribution in [0, 0.1) is 5.41 Å². The van der Waals surface area contributed by atoms with Crippen molar-refractivity contribution in [3.05, 3.63) is 28.7 Å². The number of nitrogens with two attached hydrogens (primary N) is 1. The Balaban J connectivity index is 2.72. The minimum atomic E-state index is 0.0873. The van der Waals surface area contributed by atoms with Gasteiger partial charge in [0.25, 0.3) is 0 Å². The lowest BCUT2D eigenvalue weighted by atomic mass is 10.3. The van der Waals surface area contributed by atoms with Crippen molar-refractivity contribution >= 4 is 33.5 Å². The van der Waals surface area contributed by atoms with Crippen LogP contribution in [0.1, 0.15) is 13.3 Å². The lowest BCUT2D eigenvalue weighted by Crippen LogP contribution is -2.23. The van der Waals surface area contributed by atoms with Crippen molar-refractivity contribution < 1.29 is 0 Å². The highest BCUT2D eigenvalue weighted by molar-refractivity contribution is 9.10. The molecule has 0 amide bonds. The minimum Gasteiger partial charge on any atom is -0.387 e. The molecule has 0 aliphatic heterocycles. The summed E-state index contributed by atoms with van der Waals surface area (Å²) in [6.07, 6.45) is 0.881. The van der Waals surface area contributed by atoms with Gasteiger partial charge in [-0.3, -0.25) is 5.41 Å². The average molecular weight is 273 g/mol. The molecular weight excluding hydrogens is 260 g/mol. The van der Waals surface area contributed by atoms with E-state index in [9.17, 15) is 0 Å². The number of thioether (sulfide) groups is 1. The van der Waals surface area contributed by atoms with Crippen LogP contribution in [-0.4, -0.2) is 11.1 Å². The summed E-state index contributed by atoms with van der Waals surface area (Å²) in [7, 11) is 0. The Bertz CT molecular complexity index is 328. The van der Waals surface area contributed by atoms with Gasteiger partial charge < -0.3 is 5.73 Å². The first-order chi connectivity index (χ1) is 6.63. The van der Waals surface area contributed by atoms with Gasteiger partial charge in [0.15, 0.2) is 0 Å². The summed E-state index contributed by atoms with van der Waals surface area (Å²) >= 11 is 5.04. The van der Waals surface area contributed by atoms with Gasteiger partial charge in [-0.1, -0.05) is 28.9 Å². The van der Waals surface area contributed by atoms with E-state index in [2.05, 4.69) is 15.9 Å². The predicted molar refractivity (Wildman–Crippen MR) is 66.0 cm³/mol. The Morgan fingerprint density at radius 1 is 1.64 bits per heavy atom. The Morgan fingerprint density at radius 2 is 2.36 bits per heavy atom. The summed E-state index contributed by atoms with van der Waals surface area (Å²) in [6.45, 7) is 2.04. The third-order valence-corrected chi connectivity index (χ3v) is 3.68. The second kappa shape index (κ2) is 5.41. The van der Waals surface area contributed by atoms with Gasteiger partial charge in [0.2, 0.25) is 0 Å². The Hall–Kier alpha value is -0.480. The maximum atomic E-state index is 7.40. The van der Waals surface area contributed by atoms with Gasteiger partial charge in [-0.25, -0.2) is 0 Å². The quantitative estimate of drug-likeness (QED) is 0.502. The summed E-state index contributed by atoms with van der Waals surface area (Å²) < 4.78 is 1.06. The van der Waals surface area contributed by atoms with Crippen LogP contribution >= 0.6 is 27.7 Å². The van der Waals surface area contributed by atoms with Crippen LogP contribution < -0.4 is 5.73 Å². The van der Waals surface area contributed by atoms with E-state index in [1.807, 2.05) is 31.2 Å². The van der Waals surface area contributed by atoms with Gasteiger partial charge in [0, 0.05) is 9.37 Å². The first-order valence-corrected chi connectivity index (χ1v) is 6.07. The molecule has 1 atom stereocenters. The van der Waals surface area contributed by atoms with Crippen LogP contribution in [-0.2, 0) is 0 Å². The molecule has 0 saturated carbocycles. The molecule has 14 heavy (non-hydrogen) atoms. The predicted octanol–water partition coefficient (Wildman–Crippen LogP) is 3.26. The fraction of sp³-hybridized carbons (Fsp3) is 0.300. The summed E-state index contributed by atoms with van der Waals surface area (Å²) in [5.74, 6) is 0.248. The molecule has 1 aromatic carbocycles.